The molecule has 0 spiro atoms. The molecule has 5 heteroatoms. The first-order valence-electron chi connectivity index (χ1n) is 9.49. The van der Waals surface area contributed by atoms with Crippen LogP contribution in [0, 0.1) is 5.92 Å². The van der Waals surface area contributed by atoms with E-state index in [1.807, 2.05) is 6.07 Å². The van der Waals surface area contributed by atoms with E-state index in [1.165, 1.54) is 17.5 Å². The average Bonchev–Trinajstić information content (AvgIpc) is 3.27. The van der Waals surface area contributed by atoms with Crippen LogP contribution in [0.15, 0.2) is 18.2 Å². The van der Waals surface area contributed by atoms with Gasteiger partial charge in [0.05, 0.1) is 6.61 Å². The van der Waals surface area contributed by atoms with Gasteiger partial charge in [0.25, 0.3) is 0 Å². The molecule has 0 bridgehead atoms. The van der Waals surface area contributed by atoms with E-state index in [0.717, 1.165) is 52.1 Å². The molecule has 1 N–H and O–H groups in total. The summed E-state index contributed by atoms with van der Waals surface area (Å²) < 4.78 is 11.5. The molecule has 0 saturated carbocycles. The first-order chi connectivity index (χ1) is 12.1. The van der Waals surface area contributed by atoms with Gasteiger partial charge in [-0.05, 0) is 54.9 Å². The number of carbonyl (C=O) groups is 1. The Balaban J connectivity index is 1.41. The summed E-state index contributed by atoms with van der Waals surface area (Å²) in [5.74, 6) is 0.465. The third-order valence-electron chi connectivity index (χ3n) is 5.98. The van der Waals surface area contributed by atoms with Crippen molar-refractivity contribution in [1.29, 1.82) is 0 Å². The van der Waals surface area contributed by atoms with Crippen molar-refractivity contribution in [3.05, 3.63) is 29.3 Å². The van der Waals surface area contributed by atoms with Crippen LogP contribution in [0.1, 0.15) is 36.8 Å². The third-order valence-corrected chi connectivity index (χ3v) is 5.98. The lowest BCUT2D eigenvalue weighted by Gasteiger charge is -2.39. The second-order valence-electron chi connectivity index (χ2n) is 7.72. The molecule has 1 aliphatic carbocycles. The zero-order valence-corrected chi connectivity index (χ0v) is 14.7. The van der Waals surface area contributed by atoms with Gasteiger partial charge in [-0.2, -0.15) is 0 Å². The average molecular weight is 345 g/mol. The summed E-state index contributed by atoms with van der Waals surface area (Å²) in [6.45, 7) is 4.25. The lowest BCUT2D eigenvalue weighted by molar-refractivity contribution is -0.159. The van der Waals surface area contributed by atoms with Crippen LogP contribution in [0.4, 0.5) is 0 Å². The maximum Gasteiger partial charge on any atom is 0.348 e. The summed E-state index contributed by atoms with van der Waals surface area (Å²) in [5, 5.41) is 9.85. The van der Waals surface area contributed by atoms with Crippen molar-refractivity contribution in [2.75, 3.05) is 32.8 Å². The Kier molecular flexibility index (Phi) is 4.69. The Morgan fingerprint density at radius 1 is 1.28 bits per heavy atom. The van der Waals surface area contributed by atoms with Crippen molar-refractivity contribution in [2.45, 2.75) is 44.1 Å². The number of carboxylic acid groups (broad SMARTS) is 1. The van der Waals surface area contributed by atoms with Crippen molar-refractivity contribution in [3.8, 4) is 5.75 Å². The molecule has 136 valence electrons. The van der Waals surface area contributed by atoms with Gasteiger partial charge in [0.15, 0.2) is 0 Å². The number of hydrogen-bond acceptors (Lipinski definition) is 4. The molecule has 4 rings (SSSR count). The van der Waals surface area contributed by atoms with E-state index in [-0.39, 0.29) is 0 Å². The van der Waals surface area contributed by atoms with Crippen LogP contribution in [-0.2, 0) is 22.4 Å². The standard InChI is InChI=1S/C20H27NO4/c22-19(23)20(25-18-5-4-16-2-1-3-17(16)12-18)7-9-21(10-8-20)13-15-6-11-24-14-15/h4-5,12,15H,1-3,6-11,13-14H2,(H,22,23). The molecule has 2 saturated heterocycles. The molecule has 2 heterocycles. The summed E-state index contributed by atoms with van der Waals surface area (Å²) >= 11 is 0. The lowest BCUT2D eigenvalue weighted by atomic mass is 9.90. The largest absolute Gasteiger partial charge is 0.478 e. The quantitative estimate of drug-likeness (QED) is 0.889. The van der Waals surface area contributed by atoms with E-state index >= 15 is 0 Å². The van der Waals surface area contributed by atoms with Gasteiger partial charge in [-0.25, -0.2) is 4.79 Å². The fourth-order valence-electron chi connectivity index (χ4n) is 4.39. The number of nitrogens with zero attached hydrogens (tertiary/aromatic N) is 1. The summed E-state index contributed by atoms with van der Waals surface area (Å²) in [6.07, 6.45) is 5.57. The van der Waals surface area contributed by atoms with Crippen molar-refractivity contribution >= 4 is 5.97 Å². The van der Waals surface area contributed by atoms with E-state index in [4.69, 9.17) is 9.47 Å². The van der Waals surface area contributed by atoms with E-state index in [1.54, 1.807) is 0 Å². The number of rotatable bonds is 5. The zero-order valence-electron chi connectivity index (χ0n) is 14.7. The molecule has 3 aliphatic rings. The molecule has 1 atom stereocenters. The summed E-state index contributed by atoms with van der Waals surface area (Å²) in [4.78, 5) is 14.4. The van der Waals surface area contributed by atoms with Crippen LogP contribution < -0.4 is 4.74 Å². The van der Waals surface area contributed by atoms with Gasteiger partial charge in [0.2, 0.25) is 5.60 Å². The Hall–Kier alpha value is -1.59. The molecular weight excluding hydrogens is 318 g/mol. The van der Waals surface area contributed by atoms with Crippen LogP contribution in [0.2, 0.25) is 0 Å². The van der Waals surface area contributed by atoms with Gasteiger partial charge < -0.3 is 19.5 Å². The van der Waals surface area contributed by atoms with Crippen molar-refractivity contribution in [1.82, 2.24) is 4.90 Å². The molecule has 1 aromatic carbocycles. The number of likely N-dealkylation sites (tertiary alicyclic amines) is 1. The van der Waals surface area contributed by atoms with Gasteiger partial charge in [0.1, 0.15) is 5.75 Å². The smallest absolute Gasteiger partial charge is 0.348 e. The highest BCUT2D eigenvalue weighted by atomic mass is 16.5. The topological polar surface area (TPSA) is 59.0 Å². The third kappa shape index (κ3) is 3.53. The first kappa shape index (κ1) is 16.9. The summed E-state index contributed by atoms with van der Waals surface area (Å²) in [5.41, 5.74) is 1.61. The Morgan fingerprint density at radius 2 is 2.08 bits per heavy atom. The molecule has 2 aliphatic heterocycles. The minimum Gasteiger partial charge on any atom is -0.478 e. The second kappa shape index (κ2) is 6.96. The molecule has 1 unspecified atom stereocenters. The molecule has 1 aromatic rings. The van der Waals surface area contributed by atoms with E-state index in [9.17, 15) is 9.90 Å². The molecular formula is C20H27NO4. The molecule has 2 fully saturated rings. The van der Waals surface area contributed by atoms with Crippen LogP contribution >= 0.6 is 0 Å². The number of aliphatic carboxylic acids is 1. The number of aryl methyl sites for hydroxylation is 2. The zero-order chi connectivity index (χ0) is 17.3. The minimum atomic E-state index is -1.09. The SMILES string of the molecule is O=C(O)C1(Oc2ccc3c(c2)CCC3)CCN(CC2CCOC2)CC1. The highest BCUT2D eigenvalue weighted by molar-refractivity contribution is 5.78. The van der Waals surface area contributed by atoms with Gasteiger partial charge in [-0.1, -0.05) is 6.07 Å². The number of piperidine rings is 1. The normalized spacial score (nSPS) is 25.7. The van der Waals surface area contributed by atoms with Gasteiger partial charge in [-0.15, -0.1) is 0 Å². The van der Waals surface area contributed by atoms with Crippen molar-refractivity contribution < 1.29 is 19.4 Å². The second-order valence-corrected chi connectivity index (χ2v) is 7.72. The van der Waals surface area contributed by atoms with E-state index in [0.29, 0.717) is 24.5 Å². The van der Waals surface area contributed by atoms with Crippen LogP contribution in [0.5, 0.6) is 5.75 Å². The van der Waals surface area contributed by atoms with Gasteiger partial charge in [-0.3, -0.25) is 0 Å². The van der Waals surface area contributed by atoms with E-state index < -0.39 is 11.6 Å². The van der Waals surface area contributed by atoms with Gasteiger partial charge >= 0.3 is 5.97 Å². The minimum absolute atomic E-state index is 0.535. The predicted octanol–water partition coefficient (Wildman–Crippen LogP) is 2.51. The molecule has 0 amide bonds. The van der Waals surface area contributed by atoms with Gasteiger partial charge in [0, 0.05) is 39.1 Å². The number of ether oxygens (including phenoxy) is 2. The molecule has 25 heavy (non-hydrogen) atoms. The highest BCUT2D eigenvalue weighted by Gasteiger charge is 2.44. The predicted molar refractivity (Wildman–Crippen MR) is 94.1 cm³/mol. The van der Waals surface area contributed by atoms with Crippen molar-refractivity contribution in [2.24, 2.45) is 5.92 Å². The molecule has 5 nitrogen and oxygen atoms in total. The van der Waals surface area contributed by atoms with Crippen LogP contribution in [0.25, 0.3) is 0 Å². The first-order valence-corrected chi connectivity index (χ1v) is 9.49. The Morgan fingerprint density at radius 3 is 2.80 bits per heavy atom. The fraction of sp³-hybridized carbons (Fsp3) is 0.650. The maximum atomic E-state index is 12.0. The monoisotopic (exact) mass is 345 g/mol. The van der Waals surface area contributed by atoms with Crippen molar-refractivity contribution in [3.63, 3.8) is 0 Å². The number of benzene rings is 1. The number of fused-ring (bicyclic) bond motifs is 1. The van der Waals surface area contributed by atoms with E-state index in [2.05, 4.69) is 17.0 Å². The summed E-state index contributed by atoms with van der Waals surface area (Å²) in [7, 11) is 0. The summed E-state index contributed by atoms with van der Waals surface area (Å²) in [6, 6.07) is 6.09. The Bertz CT molecular complexity index is 631. The van der Waals surface area contributed by atoms with Crippen LogP contribution in [0.3, 0.4) is 0 Å². The fourth-order valence-corrected chi connectivity index (χ4v) is 4.39. The van der Waals surface area contributed by atoms with Crippen LogP contribution in [-0.4, -0.2) is 54.4 Å². The molecule has 0 aromatic heterocycles. The maximum absolute atomic E-state index is 12.0. The molecule has 0 radical (unpaired) electrons. The number of hydrogen-bond donors (Lipinski definition) is 1. The Labute approximate surface area is 148 Å². The number of carboxylic acids is 1. The highest BCUT2D eigenvalue weighted by Crippen LogP contribution is 2.33. The lowest BCUT2D eigenvalue weighted by Crippen LogP contribution is -2.53.